The third-order valence-electron chi connectivity index (χ3n) is 4.61. The van der Waals surface area contributed by atoms with E-state index in [1.165, 1.54) is 0 Å². The molecule has 9 nitrogen and oxygen atoms in total. The molecule has 2 saturated heterocycles. The van der Waals surface area contributed by atoms with Gasteiger partial charge in [0.25, 0.3) is 0 Å². The van der Waals surface area contributed by atoms with Crippen LogP contribution in [0.15, 0.2) is 41.5 Å². The lowest BCUT2D eigenvalue weighted by atomic mass is 10.2. The Morgan fingerprint density at radius 2 is 1.41 bits per heavy atom. The number of anilines is 3. The van der Waals surface area contributed by atoms with Gasteiger partial charge in [0.15, 0.2) is 0 Å². The molecule has 29 heavy (non-hydrogen) atoms. The Morgan fingerprint density at radius 3 is 2.00 bits per heavy atom. The molecule has 2 aromatic rings. The van der Waals surface area contributed by atoms with Gasteiger partial charge in [0.1, 0.15) is 0 Å². The van der Waals surface area contributed by atoms with Gasteiger partial charge in [-0.15, -0.1) is 0 Å². The summed E-state index contributed by atoms with van der Waals surface area (Å²) in [4.78, 5) is 18.0. The molecule has 0 bridgehead atoms. The maximum atomic E-state index is 5.44. The summed E-state index contributed by atoms with van der Waals surface area (Å²) in [5, 5.41) is 4.23. The number of ether oxygens (including phenoxy) is 2. The minimum atomic E-state index is 0.423. The zero-order chi connectivity index (χ0) is 19.7. The summed E-state index contributed by atoms with van der Waals surface area (Å²) in [6, 6.07) is 10.1. The third-order valence-corrected chi connectivity index (χ3v) is 4.61. The van der Waals surface area contributed by atoms with E-state index in [1.54, 1.807) is 6.21 Å². The van der Waals surface area contributed by atoms with Crippen LogP contribution in [0.3, 0.4) is 0 Å². The van der Waals surface area contributed by atoms with Crippen molar-refractivity contribution in [2.45, 2.75) is 0 Å². The van der Waals surface area contributed by atoms with Crippen molar-refractivity contribution in [3.8, 4) is 0 Å². The molecule has 2 aliphatic rings. The van der Waals surface area contributed by atoms with Crippen molar-refractivity contribution < 1.29 is 9.47 Å². The molecule has 0 amide bonds. The van der Waals surface area contributed by atoms with Crippen LogP contribution in [0.25, 0.3) is 6.08 Å². The number of allylic oxidation sites excluding steroid dienone is 1. The highest BCUT2D eigenvalue weighted by Gasteiger charge is 2.20. The first-order valence-electron chi connectivity index (χ1n) is 9.81. The fourth-order valence-electron chi connectivity index (χ4n) is 3.07. The number of nitrogens with zero attached hydrogens (tertiary/aromatic N) is 6. The second-order valence-corrected chi connectivity index (χ2v) is 6.62. The Labute approximate surface area is 170 Å². The number of morpholine rings is 2. The van der Waals surface area contributed by atoms with Crippen LogP contribution in [0.2, 0.25) is 0 Å². The number of hydrazone groups is 1. The predicted molar refractivity (Wildman–Crippen MR) is 113 cm³/mol. The topological polar surface area (TPSA) is 88.0 Å². The normalized spacial score (nSPS) is 17.9. The van der Waals surface area contributed by atoms with Crippen molar-refractivity contribution in [2.24, 2.45) is 5.10 Å². The van der Waals surface area contributed by atoms with Crippen molar-refractivity contribution >= 4 is 30.1 Å². The van der Waals surface area contributed by atoms with Crippen LogP contribution < -0.4 is 15.2 Å². The SMILES string of the molecule is C(=Cc1ccccc1)C=NNc1nc(N2CCOCC2)nc(N2CCOCC2)n1. The van der Waals surface area contributed by atoms with E-state index in [2.05, 4.69) is 35.3 Å². The molecule has 0 atom stereocenters. The molecular formula is C20H25N7O2. The molecule has 0 saturated carbocycles. The van der Waals surface area contributed by atoms with Crippen LogP contribution >= 0.6 is 0 Å². The minimum Gasteiger partial charge on any atom is -0.378 e. The quantitative estimate of drug-likeness (QED) is 0.584. The molecule has 1 aromatic carbocycles. The van der Waals surface area contributed by atoms with Gasteiger partial charge in [-0.1, -0.05) is 36.4 Å². The van der Waals surface area contributed by atoms with Crippen molar-refractivity contribution in [3.05, 3.63) is 42.0 Å². The standard InChI is InChI=1S/C20H25N7O2/c1-2-5-17(6-3-1)7-4-8-21-25-18-22-19(26-9-13-28-14-10-26)24-20(23-18)27-11-15-29-16-12-27/h1-8H,9-16H2,(H,22,23,24,25). The van der Waals surface area contributed by atoms with Gasteiger partial charge in [-0.3, -0.25) is 0 Å². The van der Waals surface area contributed by atoms with Crippen molar-refractivity contribution in [1.29, 1.82) is 0 Å². The smallest absolute Gasteiger partial charge is 0.250 e. The molecule has 4 rings (SSSR count). The lowest BCUT2D eigenvalue weighted by Gasteiger charge is -2.30. The van der Waals surface area contributed by atoms with E-state index < -0.39 is 0 Å². The first-order chi connectivity index (χ1) is 14.4. The van der Waals surface area contributed by atoms with Gasteiger partial charge in [-0.2, -0.15) is 20.1 Å². The summed E-state index contributed by atoms with van der Waals surface area (Å²) >= 11 is 0. The first kappa shape index (κ1) is 19.3. The Kier molecular flexibility index (Phi) is 6.61. The number of hydrogen-bond donors (Lipinski definition) is 1. The Bertz CT molecular complexity index is 796. The van der Waals surface area contributed by atoms with Crippen LogP contribution in [0.5, 0.6) is 0 Å². The highest BCUT2D eigenvalue weighted by atomic mass is 16.5. The summed E-state index contributed by atoms with van der Waals surface area (Å²) in [6.45, 7) is 5.72. The van der Waals surface area contributed by atoms with Gasteiger partial charge in [-0.25, -0.2) is 5.43 Å². The summed E-state index contributed by atoms with van der Waals surface area (Å²) in [7, 11) is 0. The minimum absolute atomic E-state index is 0.423. The number of nitrogens with one attached hydrogen (secondary N) is 1. The fraction of sp³-hybridized carbons (Fsp3) is 0.400. The van der Waals surface area contributed by atoms with Crippen molar-refractivity contribution in [3.63, 3.8) is 0 Å². The molecule has 0 spiro atoms. The van der Waals surface area contributed by atoms with E-state index in [1.807, 2.05) is 42.5 Å². The van der Waals surface area contributed by atoms with E-state index in [4.69, 9.17) is 9.47 Å². The molecule has 0 aliphatic carbocycles. The molecule has 1 N–H and O–H groups in total. The fourth-order valence-corrected chi connectivity index (χ4v) is 3.07. The van der Waals surface area contributed by atoms with Crippen LogP contribution in [-0.4, -0.2) is 73.8 Å². The Balaban J connectivity index is 1.48. The van der Waals surface area contributed by atoms with Gasteiger partial charge in [0, 0.05) is 32.4 Å². The lowest BCUT2D eigenvalue weighted by Crippen LogP contribution is -2.40. The van der Waals surface area contributed by atoms with Crippen LogP contribution in [-0.2, 0) is 9.47 Å². The lowest BCUT2D eigenvalue weighted by molar-refractivity contribution is 0.121. The molecule has 0 radical (unpaired) electrons. The largest absolute Gasteiger partial charge is 0.378 e. The highest BCUT2D eigenvalue weighted by Crippen LogP contribution is 2.18. The molecular weight excluding hydrogens is 370 g/mol. The van der Waals surface area contributed by atoms with Crippen molar-refractivity contribution in [2.75, 3.05) is 67.8 Å². The maximum Gasteiger partial charge on any atom is 0.250 e. The predicted octanol–water partition coefficient (Wildman–Crippen LogP) is 1.66. The zero-order valence-corrected chi connectivity index (χ0v) is 16.3. The van der Waals surface area contributed by atoms with Crippen LogP contribution in [0.1, 0.15) is 5.56 Å². The zero-order valence-electron chi connectivity index (χ0n) is 16.3. The Morgan fingerprint density at radius 1 is 0.828 bits per heavy atom. The molecule has 1 aromatic heterocycles. The second kappa shape index (κ2) is 9.94. The summed E-state index contributed by atoms with van der Waals surface area (Å²) < 4.78 is 10.9. The van der Waals surface area contributed by atoms with Gasteiger partial charge < -0.3 is 19.3 Å². The molecule has 152 valence electrons. The van der Waals surface area contributed by atoms with Gasteiger partial charge >= 0.3 is 0 Å². The van der Waals surface area contributed by atoms with Crippen molar-refractivity contribution in [1.82, 2.24) is 15.0 Å². The molecule has 0 unspecified atom stereocenters. The van der Waals surface area contributed by atoms with E-state index in [-0.39, 0.29) is 0 Å². The van der Waals surface area contributed by atoms with Gasteiger partial charge in [0.05, 0.1) is 26.4 Å². The van der Waals surface area contributed by atoms with Gasteiger partial charge in [-0.05, 0) is 11.6 Å². The summed E-state index contributed by atoms with van der Waals surface area (Å²) in [6.07, 6.45) is 5.53. The molecule has 3 heterocycles. The van der Waals surface area contributed by atoms with E-state index >= 15 is 0 Å². The van der Waals surface area contributed by atoms with Crippen LogP contribution in [0, 0.1) is 0 Å². The third kappa shape index (κ3) is 5.49. The summed E-state index contributed by atoms with van der Waals surface area (Å²) in [5.41, 5.74) is 4.04. The van der Waals surface area contributed by atoms with E-state index in [0.717, 1.165) is 31.7 Å². The number of hydrogen-bond acceptors (Lipinski definition) is 9. The monoisotopic (exact) mass is 395 g/mol. The van der Waals surface area contributed by atoms with Crippen LogP contribution in [0.4, 0.5) is 17.8 Å². The maximum absolute atomic E-state index is 5.44. The molecule has 2 fully saturated rings. The summed E-state index contributed by atoms with van der Waals surface area (Å²) in [5.74, 6) is 1.71. The van der Waals surface area contributed by atoms with Gasteiger partial charge in [0.2, 0.25) is 17.8 Å². The second-order valence-electron chi connectivity index (χ2n) is 6.62. The average molecular weight is 395 g/mol. The van der Waals surface area contributed by atoms with E-state index in [9.17, 15) is 0 Å². The average Bonchev–Trinajstić information content (AvgIpc) is 2.80. The number of rotatable bonds is 6. The number of aromatic nitrogens is 3. The molecule has 2 aliphatic heterocycles. The Hall–Kier alpha value is -3.04. The molecule has 9 heteroatoms. The van der Waals surface area contributed by atoms with E-state index in [0.29, 0.717) is 44.3 Å². The highest BCUT2D eigenvalue weighted by molar-refractivity contribution is 5.78. The first-order valence-corrected chi connectivity index (χ1v) is 9.81. The number of benzene rings is 1.